The van der Waals surface area contributed by atoms with Crippen LogP contribution in [0.15, 0.2) is 42.5 Å². The van der Waals surface area contributed by atoms with Crippen molar-refractivity contribution < 1.29 is 19.7 Å². The van der Waals surface area contributed by atoms with Crippen molar-refractivity contribution in [2.45, 2.75) is 76.1 Å². The first-order chi connectivity index (χ1) is 14.6. The van der Waals surface area contributed by atoms with Crippen LogP contribution in [0.2, 0.25) is 0 Å². The molecular weight excluding hydrogens is 378 g/mol. The van der Waals surface area contributed by atoms with Crippen molar-refractivity contribution in [1.29, 1.82) is 0 Å². The Bertz CT molecular complexity index is 662. The Morgan fingerprint density at radius 1 is 1.10 bits per heavy atom. The van der Waals surface area contributed by atoms with Crippen LogP contribution < -0.4 is 5.32 Å². The summed E-state index contributed by atoms with van der Waals surface area (Å²) in [7, 11) is 0. The van der Waals surface area contributed by atoms with Gasteiger partial charge >= 0.3 is 5.97 Å². The van der Waals surface area contributed by atoms with Gasteiger partial charge in [0.25, 0.3) is 0 Å². The number of allylic oxidation sites excluding steroid dienone is 2. The molecule has 5 heteroatoms. The first-order valence-electron chi connectivity index (χ1n) is 11.6. The summed E-state index contributed by atoms with van der Waals surface area (Å²) in [5.74, 6) is 0.559. The lowest BCUT2D eigenvalue weighted by atomic mass is 9.75. The van der Waals surface area contributed by atoms with Gasteiger partial charge in [0.15, 0.2) is 0 Å². The van der Waals surface area contributed by atoms with Crippen molar-refractivity contribution in [3.8, 4) is 0 Å². The molecule has 0 aromatic heterocycles. The van der Waals surface area contributed by atoms with Crippen molar-refractivity contribution in [2.24, 2.45) is 11.8 Å². The molecule has 0 amide bonds. The van der Waals surface area contributed by atoms with Crippen molar-refractivity contribution in [3.05, 3.63) is 48.0 Å². The molecule has 2 bridgehead atoms. The minimum absolute atomic E-state index is 0.251. The third-order valence-corrected chi connectivity index (χ3v) is 6.59. The quantitative estimate of drug-likeness (QED) is 0.309. The summed E-state index contributed by atoms with van der Waals surface area (Å²) >= 11 is 0. The van der Waals surface area contributed by atoms with Crippen LogP contribution in [-0.4, -0.2) is 41.5 Å². The zero-order valence-electron chi connectivity index (χ0n) is 17.9. The number of aliphatic carboxylic acids is 1. The molecule has 2 aliphatic heterocycles. The van der Waals surface area contributed by atoms with Crippen LogP contribution >= 0.6 is 0 Å². The number of hydrogen-bond donors (Lipinski definition) is 3. The molecule has 0 saturated carbocycles. The SMILES string of the molecule is O=C(O)CCC/C=C\C[C@@H]1[C@H](CCCCNCC(O)c2ccccc2)[C@@H]2CC[C@H]1O2. The third kappa shape index (κ3) is 6.93. The van der Waals surface area contributed by atoms with Gasteiger partial charge in [0.05, 0.1) is 18.3 Å². The number of fused-ring (bicyclic) bond motifs is 2. The zero-order valence-corrected chi connectivity index (χ0v) is 17.9. The molecule has 0 aliphatic carbocycles. The van der Waals surface area contributed by atoms with E-state index in [1.54, 1.807) is 0 Å². The van der Waals surface area contributed by atoms with E-state index in [9.17, 15) is 9.90 Å². The maximum Gasteiger partial charge on any atom is 0.303 e. The van der Waals surface area contributed by atoms with Gasteiger partial charge in [-0.25, -0.2) is 0 Å². The van der Waals surface area contributed by atoms with Crippen molar-refractivity contribution in [1.82, 2.24) is 5.32 Å². The number of carbonyl (C=O) groups is 1. The van der Waals surface area contributed by atoms with Crippen LogP contribution in [0.4, 0.5) is 0 Å². The van der Waals surface area contributed by atoms with Crippen LogP contribution in [0.5, 0.6) is 0 Å². The molecule has 166 valence electrons. The first kappa shape index (κ1) is 23.0. The van der Waals surface area contributed by atoms with Gasteiger partial charge in [-0.15, -0.1) is 0 Å². The normalized spacial score (nSPS) is 26.4. The number of ether oxygens (including phenoxy) is 1. The fourth-order valence-corrected chi connectivity index (χ4v) is 5.00. The number of aliphatic hydroxyl groups excluding tert-OH is 1. The van der Waals surface area contributed by atoms with Gasteiger partial charge in [0.1, 0.15) is 0 Å². The summed E-state index contributed by atoms with van der Waals surface area (Å²) in [6.07, 6.45) is 13.6. The molecule has 2 aliphatic rings. The number of unbranched alkanes of at least 4 members (excludes halogenated alkanes) is 2. The Balaban J connectivity index is 1.30. The smallest absolute Gasteiger partial charge is 0.303 e. The average Bonchev–Trinajstić information content (AvgIpc) is 3.35. The van der Waals surface area contributed by atoms with E-state index in [-0.39, 0.29) is 6.42 Å². The molecule has 30 heavy (non-hydrogen) atoms. The number of aliphatic hydroxyl groups is 1. The topological polar surface area (TPSA) is 78.8 Å². The molecule has 3 N–H and O–H groups in total. The lowest BCUT2D eigenvalue weighted by Gasteiger charge is -2.27. The summed E-state index contributed by atoms with van der Waals surface area (Å²) in [6.45, 7) is 1.52. The molecule has 3 rings (SSSR count). The predicted molar refractivity (Wildman–Crippen MR) is 118 cm³/mol. The van der Waals surface area contributed by atoms with Crippen LogP contribution in [0.3, 0.4) is 0 Å². The number of carboxylic acids is 1. The summed E-state index contributed by atoms with van der Waals surface area (Å²) in [6, 6.07) is 9.80. The summed E-state index contributed by atoms with van der Waals surface area (Å²) in [5.41, 5.74) is 0.961. The number of benzene rings is 1. The van der Waals surface area contributed by atoms with Crippen molar-refractivity contribution in [3.63, 3.8) is 0 Å². The highest BCUT2D eigenvalue weighted by Crippen LogP contribution is 2.47. The molecule has 2 fully saturated rings. The highest BCUT2D eigenvalue weighted by Gasteiger charge is 2.47. The van der Waals surface area contributed by atoms with Gasteiger partial charge in [-0.05, 0) is 68.9 Å². The second-order valence-electron chi connectivity index (χ2n) is 8.74. The molecular formula is C25H37NO4. The van der Waals surface area contributed by atoms with E-state index in [0.717, 1.165) is 31.4 Å². The molecule has 5 atom stereocenters. The standard InChI is InChI=1S/C25H37NO4/c27-22(19-10-4-3-5-11-19)18-26-17-9-8-13-21-20(23-15-16-24(21)30-23)12-6-1-2-7-14-25(28)29/h1,3-6,10-11,20-24,26-27H,2,7-9,12-18H2,(H,28,29)/b6-1-/t20-,21+,22?,23-,24+/m1/s1. The van der Waals surface area contributed by atoms with Gasteiger partial charge in [0.2, 0.25) is 0 Å². The highest BCUT2D eigenvalue weighted by molar-refractivity contribution is 5.66. The second kappa shape index (κ2) is 12.2. The predicted octanol–water partition coefficient (Wildman–Crippen LogP) is 4.47. The highest BCUT2D eigenvalue weighted by atomic mass is 16.5. The Hall–Kier alpha value is -1.69. The summed E-state index contributed by atoms with van der Waals surface area (Å²) in [4.78, 5) is 10.6. The van der Waals surface area contributed by atoms with E-state index in [0.29, 0.717) is 37.0 Å². The van der Waals surface area contributed by atoms with E-state index >= 15 is 0 Å². The number of carboxylic acid groups (broad SMARTS) is 1. The second-order valence-corrected chi connectivity index (χ2v) is 8.74. The number of hydrogen-bond acceptors (Lipinski definition) is 4. The van der Waals surface area contributed by atoms with Gasteiger partial charge in [-0.1, -0.05) is 48.9 Å². The molecule has 1 aromatic carbocycles. The van der Waals surface area contributed by atoms with E-state index in [1.807, 2.05) is 30.3 Å². The fourth-order valence-electron chi connectivity index (χ4n) is 5.00. The Morgan fingerprint density at radius 2 is 1.87 bits per heavy atom. The summed E-state index contributed by atoms with van der Waals surface area (Å²) < 4.78 is 6.21. The fraction of sp³-hybridized carbons (Fsp3) is 0.640. The lowest BCUT2D eigenvalue weighted by Crippen LogP contribution is -2.27. The average molecular weight is 416 g/mol. The van der Waals surface area contributed by atoms with Crippen LogP contribution in [0, 0.1) is 11.8 Å². The van der Waals surface area contributed by atoms with Crippen LogP contribution in [-0.2, 0) is 9.53 Å². The Morgan fingerprint density at radius 3 is 2.63 bits per heavy atom. The van der Waals surface area contributed by atoms with Crippen molar-refractivity contribution in [2.75, 3.05) is 13.1 Å². The molecule has 1 unspecified atom stereocenters. The van der Waals surface area contributed by atoms with Crippen molar-refractivity contribution >= 4 is 5.97 Å². The van der Waals surface area contributed by atoms with E-state index in [1.165, 1.54) is 25.7 Å². The van der Waals surface area contributed by atoms with E-state index < -0.39 is 12.1 Å². The Kier molecular flexibility index (Phi) is 9.37. The van der Waals surface area contributed by atoms with Crippen LogP contribution in [0.1, 0.15) is 69.5 Å². The first-order valence-corrected chi connectivity index (χ1v) is 11.6. The maximum atomic E-state index is 10.6. The molecule has 2 heterocycles. The minimum atomic E-state index is -0.714. The van der Waals surface area contributed by atoms with E-state index in [2.05, 4.69) is 17.5 Å². The lowest BCUT2D eigenvalue weighted by molar-refractivity contribution is -0.137. The summed E-state index contributed by atoms with van der Waals surface area (Å²) in [5, 5.41) is 22.3. The Labute approximate surface area is 180 Å². The van der Waals surface area contributed by atoms with Crippen LogP contribution in [0.25, 0.3) is 0 Å². The van der Waals surface area contributed by atoms with Gasteiger partial charge in [0, 0.05) is 13.0 Å². The largest absolute Gasteiger partial charge is 0.481 e. The molecule has 0 radical (unpaired) electrons. The molecule has 1 aromatic rings. The molecule has 2 saturated heterocycles. The van der Waals surface area contributed by atoms with Gasteiger partial charge in [-0.3, -0.25) is 4.79 Å². The number of rotatable bonds is 14. The zero-order chi connectivity index (χ0) is 21.2. The van der Waals surface area contributed by atoms with Gasteiger partial charge < -0.3 is 20.3 Å². The van der Waals surface area contributed by atoms with E-state index in [4.69, 9.17) is 9.84 Å². The monoisotopic (exact) mass is 415 g/mol. The molecule has 5 nitrogen and oxygen atoms in total. The minimum Gasteiger partial charge on any atom is -0.481 e. The number of nitrogens with one attached hydrogen (secondary N) is 1. The third-order valence-electron chi connectivity index (χ3n) is 6.59. The molecule has 0 spiro atoms. The van der Waals surface area contributed by atoms with Gasteiger partial charge in [-0.2, -0.15) is 0 Å². The maximum absolute atomic E-state index is 10.6.